The van der Waals surface area contributed by atoms with E-state index in [4.69, 9.17) is 0 Å². The molecular formula is C17H25FN2O3S. The second-order valence-corrected chi connectivity index (χ2v) is 8.49. The number of hydrogen-bond acceptors (Lipinski definition) is 3. The van der Waals surface area contributed by atoms with Crippen molar-refractivity contribution in [3.05, 3.63) is 30.1 Å². The first-order valence-corrected chi connectivity index (χ1v) is 9.76. The molecule has 0 spiro atoms. The molecule has 1 aromatic rings. The average Bonchev–Trinajstić information content (AvgIpc) is 2.52. The van der Waals surface area contributed by atoms with Crippen LogP contribution in [0.5, 0.6) is 0 Å². The summed E-state index contributed by atoms with van der Waals surface area (Å²) in [5, 5.41) is 0. The smallest absolute Gasteiger partial charge is 0.244 e. The van der Waals surface area contributed by atoms with E-state index in [2.05, 4.69) is 11.6 Å². The van der Waals surface area contributed by atoms with Gasteiger partial charge < -0.3 is 4.90 Å². The molecule has 1 heterocycles. The Morgan fingerprint density at radius 2 is 2.00 bits per heavy atom. The van der Waals surface area contributed by atoms with Crippen LogP contribution in [0.2, 0.25) is 0 Å². The predicted octanol–water partition coefficient (Wildman–Crippen LogP) is 2.39. The molecule has 24 heavy (non-hydrogen) atoms. The van der Waals surface area contributed by atoms with Gasteiger partial charge in [0, 0.05) is 13.1 Å². The molecule has 2 rings (SSSR count). The van der Waals surface area contributed by atoms with Gasteiger partial charge in [0.2, 0.25) is 15.9 Å². The third kappa shape index (κ3) is 4.33. The Bertz CT molecular complexity index is 691. The Labute approximate surface area is 143 Å². The summed E-state index contributed by atoms with van der Waals surface area (Å²) in [5.74, 6) is -0.905. The first-order chi connectivity index (χ1) is 11.2. The maximum atomic E-state index is 13.8. The van der Waals surface area contributed by atoms with Gasteiger partial charge in [-0.1, -0.05) is 32.9 Å². The Morgan fingerprint density at radius 3 is 2.58 bits per heavy atom. The number of nitrogens with zero attached hydrogens (tertiary/aromatic N) is 1. The lowest BCUT2D eigenvalue weighted by molar-refractivity contribution is -0.135. The predicted molar refractivity (Wildman–Crippen MR) is 90.3 cm³/mol. The molecule has 2 atom stereocenters. The minimum absolute atomic E-state index is 0.239. The lowest BCUT2D eigenvalue weighted by atomic mass is 9.97. The molecule has 0 aromatic heterocycles. The zero-order chi connectivity index (χ0) is 17.9. The third-order valence-electron chi connectivity index (χ3n) is 4.31. The van der Waals surface area contributed by atoms with Gasteiger partial charge >= 0.3 is 0 Å². The zero-order valence-electron chi connectivity index (χ0n) is 14.3. The monoisotopic (exact) mass is 356 g/mol. The topological polar surface area (TPSA) is 66.5 Å². The van der Waals surface area contributed by atoms with Gasteiger partial charge in [0.1, 0.15) is 16.8 Å². The molecule has 134 valence electrons. The van der Waals surface area contributed by atoms with Crippen LogP contribution in [0.15, 0.2) is 29.2 Å². The van der Waals surface area contributed by atoms with Crippen LogP contribution in [0.3, 0.4) is 0 Å². The number of likely N-dealkylation sites (tertiary alicyclic amines) is 1. The van der Waals surface area contributed by atoms with Crippen LogP contribution in [0.25, 0.3) is 0 Å². The van der Waals surface area contributed by atoms with E-state index < -0.39 is 26.8 Å². The van der Waals surface area contributed by atoms with E-state index in [-0.39, 0.29) is 11.8 Å². The van der Waals surface area contributed by atoms with Gasteiger partial charge in [-0.15, -0.1) is 0 Å². The van der Waals surface area contributed by atoms with Gasteiger partial charge in [-0.3, -0.25) is 4.79 Å². The summed E-state index contributed by atoms with van der Waals surface area (Å²) in [6.07, 6.45) is 1.98. The lowest BCUT2D eigenvalue weighted by Crippen LogP contribution is -2.53. The van der Waals surface area contributed by atoms with Crippen LogP contribution in [-0.4, -0.2) is 38.4 Å². The summed E-state index contributed by atoms with van der Waals surface area (Å²) >= 11 is 0. The molecule has 1 aliphatic rings. The molecule has 7 heteroatoms. The van der Waals surface area contributed by atoms with Crippen molar-refractivity contribution in [1.29, 1.82) is 0 Å². The molecule has 1 aliphatic heterocycles. The maximum absolute atomic E-state index is 13.8. The maximum Gasteiger partial charge on any atom is 0.244 e. The number of rotatable bonds is 5. The summed E-state index contributed by atoms with van der Waals surface area (Å²) < 4.78 is 41.2. The second kappa shape index (κ2) is 7.61. The highest BCUT2D eigenvalue weighted by Crippen LogP contribution is 2.20. The molecular weight excluding hydrogens is 331 g/mol. The van der Waals surface area contributed by atoms with Gasteiger partial charge in [0.05, 0.1) is 0 Å². The minimum Gasteiger partial charge on any atom is -0.341 e. The molecule has 0 bridgehead atoms. The second-order valence-electron chi connectivity index (χ2n) is 6.81. The third-order valence-corrected chi connectivity index (χ3v) is 5.78. The van der Waals surface area contributed by atoms with Gasteiger partial charge in [-0.25, -0.2) is 12.8 Å². The number of hydrogen-bond donors (Lipinski definition) is 1. The number of carbonyl (C=O) groups is 1. The first kappa shape index (κ1) is 18.9. The number of halogens is 1. The molecule has 1 unspecified atom stereocenters. The van der Waals surface area contributed by atoms with Gasteiger partial charge in [0.25, 0.3) is 0 Å². The molecule has 5 nitrogen and oxygen atoms in total. The van der Waals surface area contributed by atoms with E-state index in [1.807, 2.05) is 0 Å². The fraction of sp³-hybridized carbons (Fsp3) is 0.588. The van der Waals surface area contributed by atoms with Crippen molar-refractivity contribution < 1.29 is 17.6 Å². The quantitative estimate of drug-likeness (QED) is 0.881. The van der Waals surface area contributed by atoms with Crippen LogP contribution >= 0.6 is 0 Å². The van der Waals surface area contributed by atoms with Crippen molar-refractivity contribution in [3.8, 4) is 0 Å². The molecule has 1 N–H and O–H groups in total. The van der Waals surface area contributed by atoms with E-state index in [0.717, 1.165) is 18.9 Å². The summed E-state index contributed by atoms with van der Waals surface area (Å²) in [4.78, 5) is 14.1. The SMILES string of the molecule is CC1CCCN(C(=O)[C@@H](NS(=O)(=O)c2ccccc2F)C(C)C)C1. The molecule has 1 fully saturated rings. The number of amides is 1. The summed E-state index contributed by atoms with van der Waals surface area (Å²) in [6.45, 7) is 6.89. The van der Waals surface area contributed by atoms with Crippen LogP contribution in [0.1, 0.15) is 33.6 Å². The van der Waals surface area contributed by atoms with E-state index >= 15 is 0 Å². The number of sulfonamides is 1. The van der Waals surface area contributed by atoms with Crippen molar-refractivity contribution >= 4 is 15.9 Å². The van der Waals surface area contributed by atoms with Crippen LogP contribution in [-0.2, 0) is 14.8 Å². The van der Waals surface area contributed by atoms with Crippen LogP contribution in [0.4, 0.5) is 4.39 Å². The first-order valence-electron chi connectivity index (χ1n) is 8.28. The molecule has 1 aromatic carbocycles. The standard InChI is InChI=1S/C17H25FN2O3S/c1-12(2)16(17(21)20-10-6-7-13(3)11-20)19-24(22,23)15-9-5-4-8-14(15)18/h4-5,8-9,12-13,16,19H,6-7,10-11H2,1-3H3/t13?,16-/m0/s1. The minimum atomic E-state index is -4.10. The molecule has 0 aliphatic carbocycles. The van der Waals surface area contributed by atoms with Crippen molar-refractivity contribution in [2.45, 2.75) is 44.6 Å². The van der Waals surface area contributed by atoms with Crippen molar-refractivity contribution in [2.24, 2.45) is 11.8 Å². The van der Waals surface area contributed by atoms with Crippen molar-refractivity contribution in [1.82, 2.24) is 9.62 Å². The largest absolute Gasteiger partial charge is 0.341 e. The Kier molecular flexibility index (Phi) is 5.98. The molecule has 0 saturated carbocycles. The zero-order valence-corrected chi connectivity index (χ0v) is 15.1. The fourth-order valence-electron chi connectivity index (χ4n) is 2.95. The molecule has 1 amide bonds. The average molecular weight is 356 g/mol. The van der Waals surface area contributed by atoms with Gasteiger partial charge in [-0.05, 0) is 36.8 Å². The Balaban J connectivity index is 2.22. The molecule has 0 radical (unpaired) electrons. The summed E-state index contributed by atoms with van der Waals surface area (Å²) in [5.41, 5.74) is 0. The number of nitrogens with one attached hydrogen (secondary N) is 1. The van der Waals surface area contributed by atoms with Crippen molar-refractivity contribution in [2.75, 3.05) is 13.1 Å². The van der Waals surface area contributed by atoms with E-state index in [9.17, 15) is 17.6 Å². The summed E-state index contributed by atoms with van der Waals surface area (Å²) in [7, 11) is -4.10. The van der Waals surface area contributed by atoms with E-state index in [1.54, 1.807) is 18.7 Å². The van der Waals surface area contributed by atoms with Gasteiger partial charge in [0.15, 0.2) is 0 Å². The van der Waals surface area contributed by atoms with Crippen LogP contribution < -0.4 is 4.72 Å². The normalized spacial score (nSPS) is 20.2. The van der Waals surface area contributed by atoms with Crippen LogP contribution in [0, 0.1) is 17.7 Å². The molecule has 1 saturated heterocycles. The Morgan fingerprint density at radius 1 is 1.33 bits per heavy atom. The van der Waals surface area contributed by atoms with E-state index in [1.165, 1.54) is 18.2 Å². The number of piperidine rings is 1. The van der Waals surface area contributed by atoms with Gasteiger partial charge in [-0.2, -0.15) is 4.72 Å². The highest BCUT2D eigenvalue weighted by molar-refractivity contribution is 7.89. The fourth-order valence-corrected chi connectivity index (χ4v) is 4.37. The number of benzene rings is 1. The Hall–Kier alpha value is -1.47. The van der Waals surface area contributed by atoms with Crippen molar-refractivity contribution in [3.63, 3.8) is 0 Å². The summed E-state index contributed by atoms with van der Waals surface area (Å²) in [6, 6.07) is 4.26. The highest BCUT2D eigenvalue weighted by Gasteiger charge is 2.33. The number of carbonyl (C=O) groups excluding carboxylic acids is 1. The van der Waals surface area contributed by atoms with E-state index in [0.29, 0.717) is 19.0 Å². The highest BCUT2D eigenvalue weighted by atomic mass is 32.2. The lowest BCUT2D eigenvalue weighted by Gasteiger charge is -2.34.